The van der Waals surface area contributed by atoms with Crippen molar-refractivity contribution < 1.29 is 13.6 Å². The Bertz CT molecular complexity index is 533. The van der Waals surface area contributed by atoms with Crippen molar-refractivity contribution in [1.82, 2.24) is 9.80 Å². The molecule has 1 aliphatic heterocycles. The zero-order chi connectivity index (χ0) is 15.7. The van der Waals surface area contributed by atoms with E-state index in [9.17, 15) is 13.6 Å². The summed E-state index contributed by atoms with van der Waals surface area (Å²) in [6, 6.07) is 3.09. The standard InChI is InChI=1S/C16H22F2N2O/c1-10-8-20(9-15(10)19(3)4)11(2)16(21)13-6-5-12(17)7-14(13)18/h5-7,10-11,15H,8-9H2,1-4H3. The minimum Gasteiger partial charge on any atom is -0.305 e. The molecule has 116 valence electrons. The summed E-state index contributed by atoms with van der Waals surface area (Å²) < 4.78 is 26.7. The molecule has 0 spiro atoms. The van der Waals surface area contributed by atoms with Crippen molar-refractivity contribution in [3.8, 4) is 0 Å². The zero-order valence-electron chi connectivity index (χ0n) is 12.9. The van der Waals surface area contributed by atoms with Crippen LogP contribution in [0.15, 0.2) is 18.2 Å². The van der Waals surface area contributed by atoms with Gasteiger partial charge in [0.05, 0.1) is 11.6 Å². The van der Waals surface area contributed by atoms with Crippen LogP contribution in [0.1, 0.15) is 24.2 Å². The number of Topliss-reactive ketones (excluding diaryl/α,β-unsaturated/α-hetero) is 1. The van der Waals surface area contributed by atoms with E-state index < -0.39 is 17.7 Å². The van der Waals surface area contributed by atoms with Crippen LogP contribution in [0.25, 0.3) is 0 Å². The van der Waals surface area contributed by atoms with Crippen molar-refractivity contribution in [3.63, 3.8) is 0 Å². The van der Waals surface area contributed by atoms with Crippen LogP contribution in [-0.4, -0.2) is 54.9 Å². The lowest BCUT2D eigenvalue weighted by Gasteiger charge is -2.25. The highest BCUT2D eigenvalue weighted by atomic mass is 19.1. The quantitative estimate of drug-likeness (QED) is 0.797. The molecule has 5 heteroatoms. The van der Waals surface area contributed by atoms with E-state index in [1.807, 2.05) is 14.1 Å². The Hall–Kier alpha value is -1.33. The van der Waals surface area contributed by atoms with E-state index in [1.54, 1.807) is 6.92 Å². The van der Waals surface area contributed by atoms with E-state index in [0.717, 1.165) is 25.2 Å². The summed E-state index contributed by atoms with van der Waals surface area (Å²) in [7, 11) is 4.05. The smallest absolute Gasteiger partial charge is 0.182 e. The van der Waals surface area contributed by atoms with Crippen LogP contribution in [-0.2, 0) is 0 Å². The molecule has 3 unspecified atom stereocenters. The predicted octanol–water partition coefficient (Wildman–Crippen LogP) is 2.42. The number of carbonyl (C=O) groups excluding carboxylic acids is 1. The van der Waals surface area contributed by atoms with E-state index >= 15 is 0 Å². The van der Waals surface area contributed by atoms with E-state index in [0.29, 0.717) is 12.0 Å². The van der Waals surface area contributed by atoms with Gasteiger partial charge >= 0.3 is 0 Å². The first-order valence-corrected chi connectivity index (χ1v) is 7.21. The number of rotatable bonds is 4. The first-order valence-electron chi connectivity index (χ1n) is 7.21. The highest BCUT2D eigenvalue weighted by Gasteiger charge is 2.36. The molecule has 0 aliphatic carbocycles. The number of likely N-dealkylation sites (tertiary alicyclic amines) is 1. The third-order valence-electron chi connectivity index (χ3n) is 4.39. The van der Waals surface area contributed by atoms with Crippen LogP contribution in [0.2, 0.25) is 0 Å². The fourth-order valence-electron chi connectivity index (χ4n) is 3.05. The SMILES string of the molecule is CC1CN(C(C)C(=O)c2ccc(F)cc2F)CC1N(C)C. The number of benzene rings is 1. The number of hydrogen-bond donors (Lipinski definition) is 0. The number of ketones is 1. The lowest BCUT2D eigenvalue weighted by molar-refractivity contribution is 0.0854. The molecule has 1 aromatic carbocycles. The van der Waals surface area contributed by atoms with Crippen molar-refractivity contribution in [2.24, 2.45) is 5.92 Å². The molecule has 21 heavy (non-hydrogen) atoms. The number of nitrogens with zero attached hydrogens (tertiary/aromatic N) is 2. The van der Waals surface area contributed by atoms with Gasteiger partial charge in [0.1, 0.15) is 11.6 Å². The van der Waals surface area contributed by atoms with Gasteiger partial charge in [-0.25, -0.2) is 8.78 Å². The molecule has 1 saturated heterocycles. The molecule has 1 aromatic rings. The maximum atomic E-state index is 13.7. The molecule has 2 rings (SSSR count). The van der Waals surface area contributed by atoms with Crippen molar-refractivity contribution in [2.45, 2.75) is 25.9 Å². The van der Waals surface area contributed by atoms with Gasteiger partial charge in [0.25, 0.3) is 0 Å². The van der Waals surface area contributed by atoms with Gasteiger partial charge in [-0.3, -0.25) is 9.69 Å². The molecule has 1 aliphatic rings. The average Bonchev–Trinajstić information content (AvgIpc) is 2.79. The Labute approximate surface area is 124 Å². The summed E-state index contributed by atoms with van der Waals surface area (Å²) in [5.41, 5.74) is -0.0372. The molecule has 0 aromatic heterocycles. The van der Waals surface area contributed by atoms with Gasteiger partial charge in [0.2, 0.25) is 0 Å². The van der Waals surface area contributed by atoms with E-state index in [1.165, 1.54) is 6.07 Å². The molecule has 0 amide bonds. The fourth-order valence-corrected chi connectivity index (χ4v) is 3.05. The second-order valence-electron chi connectivity index (χ2n) is 6.13. The molecule has 0 N–H and O–H groups in total. The maximum Gasteiger partial charge on any atom is 0.182 e. The molecule has 3 atom stereocenters. The van der Waals surface area contributed by atoms with E-state index in [4.69, 9.17) is 0 Å². The molecule has 0 saturated carbocycles. The largest absolute Gasteiger partial charge is 0.305 e. The molecule has 3 nitrogen and oxygen atoms in total. The van der Waals surface area contributed by atoms with Gasteiger partial charge in [0, 0.05) is 25.2 Å². The van der Waals surface area contributed by atoms with Crippen molar-refractivity contribution in [3.05, 3.63) is 35.4 Å². The second-order valence-corrected chi connectivity index (χ2v) is 6.13. The summed E-state index contributed by atoms with van der Waals surface area (Å²) in [5, 5.41) is 0. The predicted molar refractivity (Wildman–Crippen MR) is 78.4 cm³/mol. The normalized spacial score (nSPS) is 24.5. The first kappa shape index (κ1) is 16.0. The second kappa shape index (κ2) is 6.20. The van der Waals surface area contributed by atoms with Crippen molar-refractivity contribution in [2.75, 3.05) is 27.2 Å². The maximum absolute atomic E-state index is 13.7. The van der Waals surface area contributed by atoms with Gasteiger partial charge in [-0.15, -0.1) is 0 Å². The number of halogens is 2. The molecular formula is C16H22F2N2O. The van der Waals surface area contributed by atoms with Gasteiger partial charge in [-0.1, -0.05) is 6.92 Å². The Morgan fingerprint density at radius 1 is 1.33 bits per heavy atom. The Morgan fingerprint density at radius 2 is 2.00 bits per heavy atom. The molecule has 0 radical (unpaired) electrons. The van der Waals surface area contributed by atoms with Crippen LogP contribution < -0.4 is 0 Å². The summed E-state index contributed by atoms with van der Waals surface area (Å²) in [5.74, 6) is -1.30. The summed E-state index contributed by atoms with van der Waals surface area (Å²) >= 11 is 0. The Kier molecular flexibility index (Phi) is 4.74. The van der Waals surface area contributed by atoms with E-state index in [-0.39, 0.29) is 11.3 Å². The topological polar surface area (TPSA) is 23.6 Å². The lowest BCUT2D eigenvalue weighted by Crippen LogP contribution is -2.40. The first-order chi connectivity index (χ1) is 9.81. The van der Waals surface area contributed by atoms with Gasteiger partial charge in [-0.05, 0) is 39.1 Å². The number of carbonyl (C=O) groups is 1. The minimum absolute atomic E-state index is 0.0372. The Morgan fingerprint density at radius 3 is 2.52 bits per heavy atom. The third-order valence-corrected chi connectivity index (χ3v) is 4.39. The third kappa shape index (κ3) is 3.30. The molecule has 1 fully saturated rings. The van der Waals surface area contributed by atoms with Crippen molar-refractivity contribution >= 4 is 5.78 Å². The Balaban J connectivity index is 2.13. The highest BCUT2D eigenvalue weighted by molar-refractivity contribution is 6.00. The minimum atomic E-state index is -0.789. The molecule has 0 bridgehead atoms. The van der Waals surface area contributed by atoms with Gasteiger partial charge in [-0.2, -0.15) is 0 Å². The van der Waals surface area contributed by atoms with Crippen LogP contribution in [0.4, 0.5) is 8.78 Å². The van der Waals surface area contributed by atoms with Crippen LogP contribution in [0.3, 0.4) is 0 Å². The van der Waals surface area contributed by atoms with Crippen LogP contribution in [0.5, 0.6) is 0 Å². The lowest BCUT2D eigenvalue weighted by atomic mass is 10.0. The number of likely N-dealkylation sites (N-methyl/N-ethyl adjacent to an activating group) is 1. The molecule has 1 heterocycles. The van der Waals surface area contributed by atoms with E-state index in [2.05, 4.69) is 16.7 Å². The summed E-state index contributed by atoms with van der Waals surface area (Å²) in [6.45, 7) is 5.53. The van der Waals surface area contributed by atoms with Crippen LogP contribution in [0, 0.1) is 17.6 Å². The van der Waals surface area contributed by atoms with Gasteiger partial charge in [0.15, 0.2) is 5.78 Å². The summed E-state index contributed by atoms with van der Waals surface area (Å²) in [4.78, 5) is 16.7. The number of hydrogen-bond acceptors (Lipinski definition) is 3. The zero-order valence-corrected chi connectivity index (χ0v) is 12.9. The average molecular weight is 296 g/mol. The highest BCUT2D eigenvalue weighted by Crippen LogP contribution is 2.24. The monoisotopic (exact) mass is 296 g/mol. The fraction of sp³-hybridized carbons (Fsp3) is 0.562. The van der Waals surface area contributed by atoms with Gasteiger partial charge < -0.3 is 4.90 Å². The molecular weight excluding hydrogens is 274 g/mol. The van der Waals surface area contributed by atoms with Crippen molar-refractivity contribution in [1.29, 1.82) is 0 Å². The van der Waals surface area contributed by atoms with Crippen LogP contribution >= 0.6 is 0 Å². The summed E-state index contributed by atoms with van der Waals surface area (Å²) in [6.07, 6.45) is 0.